The van der Waals surface area contributed by atoms with E-state index < -0.39 is 0 Å². The van der Waals surface area contributed by atoms with Crippen LogP contribution in [0.3, 0.4) is 0 Å². The van der Waals surface area contributed by atoms with E-state index >= 15 is 0 Å². The van der Waals surface area contributed by atoms with Crippen LogP contribution in [-0.4, -0.2) is 11.5 Å². The molecule has 2 unspecified atom stereocenters. The largest absolute Gasteiger partial charge is 0.330 e. The molecule has 0 bridgehead atoms. The normalized spacial score (nSPS) is 26.4. The number of aryl methyl sites for hydroxylation is 1. The van der Waals surface area contributed by atoms with Gasteiger partial charge in [-0.05, 0) is 49.8 Å². The smallest absolute Gasteiger partial charge is 0.0372 e. The van der Waals surface area contributed by atoms with Gasteiger partial charge in [-0.1, -0.05) is 25.3 Å². The lowest BCUT2D eigenvalue weighted by Gasteiger charge is -2.23. The van der Waals surface area contributed by atoms with E-state index in [4.69, 9.17) is 5.73 Å². The van der Waals surface area contributed by atoms with E-state index in [-0.39, 0.29) is 0 Å². The molecule has 0 aliphatic heterocycles. The maximum Gasteiger partial charge on any atom is 0.0372 e. The summed E-state index contributed by atoms with van der Waals surface area (Å²) in [5, 5.41) is 0. The summed E-state index contributed by atoms with van der Waals surface area (Å²) in [4.78, 5) is 4.41. The van der Waals surface area contributed by atoms with E-state index in [0.29, 0.717) is 11.8 Å². The Morgan fingerprint density at radius 3 is 2.75 bits per heavy atom. The quantitative estimate of drug-likeness (QED) is 0.775. The molecule has 1 fully saturated rings. The van der Waals surface area contributed by atoms with E-state index in [1.165, 1.54) is 37.7 Å². The van der Waals surface area contributed by atoms with E-state index in [9.17, 15) is 0 Å². The first-order valence-electron chi connectivity index (χ1n) is 6.44. The molecule has 0 amide bonds. The van der Waals surface area contributed by atoms with Crippen molar-refractivity contribution in [3.05, 3.63) is 29.6 Å². The van der Waals surface area contributed by atoms with Crippen molar-refractivity contribution in [2.75, 3.05) is 6.54 Å². The summed E-state index contributed by atoms with van der Waals surface area (Å²) < 4.78 is 0. The van der Waals surface area contributed by atoms with Crippen LogP contribution >= 0.6 is 0 Å². The number of nitrogens with two attached hydrogens (primary N) is 1. The fourth-order valence-corrected chi connectivity index (χ4v) is 2.80. The summed E-state index contributed by atoms with van der Waals surface area (Å²) in [6.45, 7) is 2.86. The van der Waals surface area contributed by atoms with Crippen molar-refractivity contribution in [2.24, 2.45) is 11.7 Å². The molecule has 2 heteroatoms. The Morgan fingerprint density at radius 2 is 2.06 bits per heavy atom. The molecule has 2 N–H and O–H groups in total. The van der Waals surface area contributed by atoms with Gasteiger partial charge in [0.25, 0.3) is 0 Å². The number of hydrogen-bond acceptors (Lipinski definition) is 2. The summed E-state index contributed by atoms with van der Waals surface area (Å²) in [5.41, 5.74) is 8.40. The highest BCUT2D eigenvalue weighted by Crippen LogP contribution is 2.35. The van der Waals surface area contributed by atoms with Crippen molar-refractivity contribution >= 4 is 0 Å². The molecule has 88 valence electrons. The molecular formula is C14H22N2. The van der Waals surface area contributed by atoms with Crippen molar-refractivity contribution in [1.29, 1.82) is 0 Å². The average Bonchev–Trinajstić information content (AvgIpc) is 2.55. The van der Waals surface area contributed by atoms with Crippen LogP contribution in [0.4, 0.5) is 0 Å². The zero-order valence-electron chi connectivity index (χ0n) is 10.2. The molecule has 1 heterocycles. The van der Waals surface area contributed by atoms with E-state index in [1.807, 2.05) is 13.1 Å². The predicted octanol–water partition coefficient (Wildman–Crippen LogP) is 3.01. The maximum absolute atomic E-state index is 5.91. The minimum Gasteiger partial charge on any atom is -0.330 e. The molecule has 0 spiro atoms. The van der Waals surface area contributed by atoms with Gasteiger partial charge in [-0.15, -0.1) is 0 Å². The van der Waals surface area contributed by atoms with Gasteiger partial charge in [-0.3, -0.25) is 4.98 Å². The summed E-state index contributed by atoms with van der Waals surface area (Å²) in [6.07, 6.45) is 8.68. The van der Waals surface area contributed by atoms with Gasteiger partial charge in [0.1, 0.15) is 0 Å². The van der Waals surface area contributed by atoms with Gasteiger partial charge in [0, 0.05) is 11.9 Å². The minimum absolute atomic E-state index is 0.639. The zero-order chi connectivity index (χ0) is 11.4. The second-order valence-corrected chi connectivity index (χ2v) is 4.97. The maximum atomic E-state index is 5.91. The highest BCUT2D eigenvalue weighted by molar-refractivity contribution is 5.19. The van der Waals surface area contributed by atoms with Gasteiger partial charge in [-0.2, -0.15) is 0 Å². The Kier molecular flexibility index (Phi) is 3.94. The first kappa shape index (κ1) is 11.6. The first-order valence-corrected chi connectivity index (χ1v) is 6.44. The highest BCUT2D eigenvalue weighted by Gasteiger charge is 2.23. The topological polar surface area (TPSA) is 38.9 Å². The molecule has 0 radical (unpaired) electrons. The molecule has 2 nitrogen and oxygen atoms in total. The fraction of sp³-hybridized carbons (Fsp3) is 0.643. The van der Waals surface area contributed by atoms with Gasteiger partial charge < -0.3 is 5.73 Å². The summed E-state index contributed by atoms with van der Waals surface area (Å²) >= 11 is 0. The molecule has 1 aromatic rings. The third kappa shape index (κ3) is 2.62. The van der Waals surface area contributed by atoms with Gasteiger partial charge in [0.15, 0.2) is 0 Å². The van der Waals surface area contributed by atoms with E-state index in [1.54, 1.807) is 0 Å². The van der Waals surface area contributed by atoms with E-state index in [2.05, 4.69) is 17.1 Å². The van der Waals surface area contributed by atoms with Crippen molar-refractivity contribution in [2.45, 2.75) is 44.9 Å². The Labute approximate surface area is 98.3 Å². The number of nitrogens with zero attached hydrogens (tertiary/aromatic N) is 1. The fourth-order valence-electron chi connectivity index (χ4n) is 2.80. The van der Waals surface area contributed by atoms with Crippen LogP contribution in [0, 0.1) is 12.8 Å². The molecule has 2 rings (SSSR count). The minimum atomic E-state index is 0.639. The molecule has 16 heavy (non-hydrogen) atoms. The van der Waals surface area contributed by atoms with Crippen molar-refractivity contribution in [1.82, 2.24) is 4.98 Å². The average molecular weight is 218 g/mol. The van der Waals surface area contributed by atoms with Crippen LogP contribution in [0.2, 0.25) is 0 Å². The van der Waals surface area contributed by atoms with E-state index in [0.717, 1.165) is 12.2 Å². The van der Waals surface area contributed by atoms with Gasteiger partial charge in [0.05, 0.1) is 0 Å². The Hall–Kier alpha value is -0.890. The first-order chi connectivity index (χ1) is 7.81. The molecule has 1 aliphatic carbocycles. The molecule has 0 saturated heterocycles. The second kappa shape index (κ2) is 5.44. The summed E-state index contributed by atoms with van der Waals surface area (Å²) in [6, 6.07) is 4.36. The van der Waals surface area contributed by atoms with Crippen molar-refractivity contribution in [3.63, 3.8) is 0 Å². The highest BCUT2D eigenvalue weighted by atomic mass is 14.7. The van der Waals surface area contributed by atoms with Crippen LogP contribution < -0.4 is 5.73 Å². The molecule has 1 saturated carbocycles. The summed E-state index contributed by atoms with van der Waals surface area (Å²) in [5.74, 6) is 1.30. The van der Waals surface area contributed by atoms with Crippen LogP contribution in [0.1, 0.15) is 49.3 Å². The number of rotatable bonds is 2. The molecule has 0 aromatic carbocycles. The van der Waals surface area contributed by atoms with Crippen LogP contribution in [0.15, 0.2) is 18.3 Å². The number of pyridine rings is 1. The summed E-state index contributed by atoms with van der Waals surface area (Å²) in [7, 11) is 0. The standard InChI is InChI=1S/C14H22N2/c1-11-7-8-13(10-16-11)14-6-4-2-3-5-12(14)9-15/h7-8,10,12,14H,2-6,9,15H2,1H3. The SMILES string of the molecule is Cc1ccc(C2CCCCCC2CN)cn1. The monoisotopic (exact) mass is 218 g/mol. The van der Waals surface area contributed by atoms with Crippen molar-refractivity contribution in [3.8, 4) is 0 Å². The zero-order valence-corrected chi connectivity index (χ0v) is 10.2. The predicted molar refractivity (Wildman–Crippen MR) is 67.3 cm³/mol. The Balaban J connectivity index is 2.18. The van der Waals surface area contributed by atoms with Crippen LogP contribution in [-0.2, 0) is 0 Å². The second-order valence-electron chi connectivity index (χ2n) is 4.97. The van der Waals surface area contributed by atoms with Crippen molar-refractivity contribution < 1.29 is 0 Å². The molecule has 2 atom stereocenters. The van der Waals surface area contributed by atoms with Gasteiger partial charge in [0.2, 0.25) is 0 Å². The van der Waals surface area contributed by atoms with Gasteiger partial charge >= 0.3 is 0 Å². The molecular weight excluding hydrogens is 196 g/mol. The number of hydrogen-bond donors (Lipinski definition) is 1. The number of aromatic nitrogens is 1. The Bertz CT molecular complexity index is 318. The lowest BCUT2D eigenvalue weighted by atomic mass is 9.83. The lowest BCUT2D eigenvalue weighted by molar-refractivity contribution is 0.407. The van der Waals surface area contributed by atoms with Crippen LogP contribution in [0.5, 0.6) is 0 Å². The molecule has 1 aromatic heterocycles. The third-order valence-electron chi connectivity index (χ3n) is 3.82. The van der Waals surface area contributed by atoms with Gasteiger partial charge in [-0.25, -0.2) is 0 Å². The lowest BCUT2D eigenvalue weighted by Crippen LogP contribution is -2.21. The van der Waals surface area contributed by atoms with Crippen LogP contribution in [0.25, 0.3) is 0 Å². The third-order valence-corrected chi connectivity index (χ3v) is 3.82. The molecule has 1 aliphatic rings. The Morgan fingerprint density at radius 1 is 1.25 bits per heavy atom.